The first-order chi connectivity index (χ1) is 12.6. The van der Waals surface area contributed by atoms with E-state index in [1.807, 2.05) is 42.5 Å². The van der Waals surface area contributed by atoms with E-state index in [0.717, 1.165) is 23.4 Å². The summed E-state index contributed by atoms with van der Waals surface area (Å²) < 4.78 is 0. The number of anilines is 1. The summed E-state index contributed by atoms with van der Waals surface area (Å²) in [6.45, 7) is 2.15. The first-order valence-electron chi connectivity index (χ1n) is 8.87. The van der Waals surface area contributed by atoms with Crippen molar-refractivity contribution in [1.29, 1.82) is 0 Å². The van der Waals surface area contributed by atoms with Crippen LogP contribution in [0.4, 0.5) is 5.69 Å². The predicted octanol–water partition coefficient (Wildman–Crippen LogP) is 1.65. The first kappa shape index (κ1) is 18.1. The zero-order valence-electron chi connectivity index (χ0n) is 15.1. The van der Waals surface area contributed by atoms with Crippen LogP contribution in [0, 0.1) is 0 Å². The van der Waals surface area contributed by atoms with Gasteiger partial charge in [-0.05, 0) is 50.6 Å². The predicted molar refractivity (Wildman–Crippen MR) is 101 cm³/mol. The monoisotopic (exact) mass is 352 g/mol. The van der Waals surface area contributed by atoms with Gasteiger partial charge < -0.3 is 15.5 Å². The fourth-order valence-electron chi connectivity index (χ4n) is 3.09. The van der Waals surface area contributed by atoms with Gasteiger partial charge in [-0.15, -0.1) is 0 Å². The van der Waals surface area contributed by atoms with E-state index >= 15 is 0 Å². The Morgan fingerprint density at radius 3 is 2.77 bits per heavy atom. The third-order valence-corrected chi connectivity index (χ3v) is 4.74. The van der Waals surface area contributed by atoms with E-state index in [1.54, 1.807) is 25.1 Å². The highest BCUT2D eigenvalue weighted by Crippen LogP contribution is 2.28. The molecule has 1 aromatic carbocycles. The molecule has 1 aliphatic heterocycles. The van der Waals surface area contributed by atoms with Crippen molar-refractivity contribution < 1.29 is 9.59 Å². The van der Waals surface area contributed by atoms with Crippen molar-refractivity contribution in [3.05, 3.63) is 59.9 Å². The molecule has 2 N–H and O–H groups in total. The minimum absolute atomic E-state index is 0.0998. The molecule has 2 atom stereocenters. The van der Waals surface area contributed by atoms with Crippen LogP contribution in [0.3, 0.4) is 0 Å². The third-order valence-electron chi connectivity index (χ3n) is 4.74. The van der Waals surface area contributed by atoms with Crippen LogP contribution >= 0.6 is 0 Å². The molecule has 26 heavy (non-hydrogen) atoms. The van der Waals surface area contributed by atoms with E-state index < -0.39 is 6.04 Å². The van der Waals surface area contributed by atoms with Gasteiger partial charge in [0.25, 0.3) is 0 Å². The van der Waals surface area contributed by atoms with Crippen LogP contribution in [0.25, 0.3) is 0 Å². The number of amides is 2. The Bertz CT molecular complexity index is 778. The van der Waals surface area contributed by atoms with Gasteiger partial charge in [0, 0.05) is 11.9 Å². The standard InChI is InChI=1S/C20H24N4O2/c1-14(21-2)19(25)23-17-11-10-15-7-3-4-9-18(15)24(20(17)26)13-16-8-5-6-12-22-16/h3-9,12,14,17,21H,10-11,13H2,1-2H3,(H,23,25). The highest BCUT2D eigenvalue weighted by atomic mass is 16.2. The lowest BCUT2D eigenvalue weighted by Crippen LogP contribution is -2.52. The number of pyridine rings is 1. The van der Waals surface area contributed by atoms with Crippen LogP contribution < -0.4 is 15.5 Å². The topological polar surface area (TPSA) is 74.3 Å². The van der Waals surface area contributed by atoms with Gasteiger partial charge in [-0.25, -0.2) is 0 Å². The second kappa shape index (κ2) is 8.10. The zero-order chi connectivity index (χ0) is 18.5. The smallest absolute Gasteiger partial charge is 0.249 e. The molecular formula is C20H24N4O2. The van der Waals surface area contributed by atoms with Crippen molar-refractivity contribution >= 4 is 17.5 Å². The van der Waals surface area contributed by atoms with Crippen molar-refractivity contribution in [2.45, 2.75) is 38.4 Å². The largest absolute Gasteiger partial charge is 0.343 e. The Balaban J connectivity index is 1.89. The summed E-state index contributed by atoms with van der Waals surface area (Å²) in [6, 6.07) is 12.7. The first-order valence-corrected chi connectivity index (χ1v) is 8.87. The van der Waals surface area contributed by atoms with Crippen molar-refractivity contribution in [2.75, 3.05) is 11.9 Å². The molecule has 2 aromatic rings. The number of benzene rings is 1. The van der Waals surface area contributed by atoms with E-state index in [9.17, 15) is 9.59 Å². The van der Waals surface area contributed by atoms with E-state index in [4.69, 9.17) is 0 Å². The molecule has 1 aliphatic rings. The Morgan fingerprint density at radius 1 is 1.27 bits per heavy atom. The molecule has 2 heterocycles. The maximum absolute atomic E-state index is 13.2. The van der Waals surface area contributed by atoms with Crippen LogP contribution in [-0.4, -0.2) is 35.9 Å². The van der Waals surface area contributed by atoms with Gasteiger partial charge in [0.1, 0.15) is 6.04 Å². The van der Waals surface area contributed by atoms with Crippen molar-refractivity contribution in [3.8, 4) is 0 Å². The van der Waals surface area contributed by atoms with Crippen molar-refractivity contribution in [2.24, 2.45) is 0 Å². The molecule has 6 heteroatoms. The van der Waals surface area contributed by atoms with E-state index in [1.165, 1.54) is 0 Å². The van der Waals surface area contributed by atoms with Gasteiger partial charge in [-0.1, -0.05) is 24.3 Å². The number of aromatic nitrogens is 1. The van der Waals surface area contributed by atoms with Crippen molar-refractivity contribution in [1.82, 2.24) is 15.6 Å². The molecular weight excluding hydrogens is 328 g/mol. The number of hydrogen-bond donors (Lipinski definition) is 2. The lowest BCUT2D eigenvalue weighted by molar-refractivity contribution is -0.128. The molecule has 2 amide bonds. The maximum atomic E-state index is 13.2. The molecule has 0 spiro atoms. The average molecular weight is 352 g/mol. The summed E-state index contributed by atoms with van der Waals surface area (Å²) in [4.78, 5) is 31.6. The van der Waals surface area contributed by atoms with Crippen LogP contribution in [0.15, 0.2) is 48.7 Å². The average Bonchev–Trinajstić information content (AvgIpc) is 2.80. The number of hydrogen-bond acceptors (Lipinski definition) is 4. The lowest BCUT2D eigenvalue weighted by Gasteiger charge is -2.26. The minimum atomic E-state index is -0.547. The number of nitrogens with zero attached hydrogens (tertiary/aromatic N) is 2. The second-order valence-electron chi connectivity index (χ2n) is 6.48. The van der Waals surface area contributed by atoms with Crippen LogP contribution in [0.5, 0.6) is 0 Å². The maximum Gasteiger partial charge on any atom is 0.249 e. The van der Waals surface area contributed by atoms with Crippen molar-refractivity contribution in [3.63, 3.8) is 0 Å². The molecule has 3 rings (SSSR count). The highest BCUT2D eigenvalue weighted by molar-refractivity contribution is 6.00. The summed E-state index contributed by atoms with van der Waals surface area (Å²) >= 11 is 0. The van der Waals surface area contributed by atoms with Gasteiger partial charge in [0.15, 0.2) is 0 Å². The molecule has 136 valence electrons. The van der Waals surface area contributed by atoms with Crippen LogP contribution in [-0.2, 0) is 22.6 Å². The number of nitrogens with one attached hydrogen (secondary N) is 2. The Hall–Kier alpha value is -2.73. The van der Waals surface area contributed by atoms with Gasteiger partial charge in [0.2, 0.25) is 11.8 Å². The Morgan fingerprint density at radius 2 is 2.04 bits per heavy atom. The second-order valence-corrected chi connectivity index (χ2v) is 6.48. The normalized spacial score (nSPS) is 18.0. The summed E-state index contributed by atoms with van der Waals surface area (Å²) in [5.74, 6) is -0.271. The molecule has 0 aliphatic carbocycles. The SMILES string of the molecule is CNC(C)C(=O)NC1CCc2ccccc2N(Cc2ccccn2)C1=O. The van der Waals surface area contributed by atoms with E-state index in [2.05, 4.69) is 15.6 Å². The molecule has 0 saturated carbocycles. The molecule has 6 nitrogen and oxygen atoms in total. The number of fused-ring (bicyclic) bond motifs is 1. The fourth-order valence-corrected chi connectivity index (χ4v) is 3.09. The molecule has 1 aromatic heterocycles. The number of carbonyl (C=O) groups is 2. The summed E-state index contributed by atoms with van der Waals surface area (Å²) in [6.07, 6.45) is 3.04. The third kappa shape index (κ3) is 3.91. The van der Waals surface area contributed by atoms with Gasteiger partial charge in [-0.2, -0.15) is 0 Å². The van der Waals surface area contributed by atoms with Crippen LogP contribution in [0.1, 0.15) is 24.6 Å². The van der Waals surface area contributed by atoms with E-state index in [-0.39, 0.29) is 17.9 Å². The zero-order valence-corrected chi connectivity index (χ0v) is 15.1. The summed E-state index contributed by atoms with van der Waals surface area (Å²) in [5, 5.41) is 5.80. The number of para-hydroxylation sites is 1. The lowest BCUT2D eigenvalue weighted by atomic mass is 10.1. The number of aryl methyl sites for hydroxylation is 1. The van der Waals surface area contributed by atoms with Gasteiger partial charge >= 0.3 is 0 Å². The minimum Gasteiger partial charge on any atom is -0.343 e. The number of carbonyl (C=O) groups excluding carboxylic acids is 2. The Kier molecular flexibility index (Phi) is 5.63. The molecule has 0 fully saturated rings. The quantitative estimate of drug-likeness (QED) is 0.858. The Labute approximate surface area is 153 Å². The molecule has 2 unspecified atom stereocenters. The van der Waals surface area contributed by atoms with Gasteiger partial charge in [-0.3, -0.25) is 14.6 Å². The number of rotatable bonds is 5. The summed E-state index contributed by atoms with van der Waals surface area (Å²) in [7, 11) is 1.72. The summed E-state index contributed by atoms with van der Waals surface area (Å²) in [5.41, 5.74) is 2.81. The van der Waals surface area contributed by atoms with Gasteiger partial charge in [0.05, 0.1) is 18.3 Å². The van der Waals surface area contributed by atoms with Crippen LogP contribution in [0.2, 0.25) is 0 Å². The number of likely N-dealkylation sites (N-methyl/N-ethyl adjacent to an activating group) is 1. The van der Waals surface area contributed by atoms with E-state index in [0.29, 0.717) is 13.0 Å². The molecule has 0 bridgehead atoms. The highest BCUT2D eigenvalue weighted by Gasteiger charge is 2.32. The molecule has 0 radical (unpaired) electrons. The fraction of sp³-hybridized carbons (Fsp3) is 0.350. The molecule has 0 saturated heterocycles.